The second kappa shape index (κ2) is 3.32. The van der Waals surface area contributed by atoms with Crippen LogP contribution in [0.1, 0.15) is 35.8 Å². The van der Waals surface area contributed by atoms with Gasteiger partial charge in [0.25, 0.3) is 0 Å². The van der Waals surface area contributed by atoms with Gasteiger partial charge in [0.15, 0.2) is 5.78 Å². The number of carbonyl (C=O) groups excluding carboxylic acids is 1. The summed E-state index contributed by atoms with van der Waals surface area (Å²) in [6.07, 6.45) is 2.85. The van der Waals surface area contributed by atoms with Crippen LogP contribution in [-0.4, -0.2) is 10.9 Å². The number of hydrogen-bond donors (Lipinski definition) is 0. The van der Waals surface area contributed by atoms with Gasteiger partial charge in [0, 0.05) is 6.42 Å². The Labute approximate surface area is 65.4 Å². The average Bonchev–Trinajstić information content (AvgIpc) is 2.36. The number of ketones is 1. The summed E-state index contributed by atoms with van der Waals surface area (Å²) in [6, 6.07) is 0. The van der Waals surface area contributed by atoms with Crippen LogP contribution in [0.25, 0.3) is 0 Å². The second-order valence-electron chi connectivity index (χ2n) is 2.49. The Kier molecular flexibility index (Phi) is 2.41. The van der Waals surface area contributed by atoms with Crippen molar-refractivity contribution in [2.75, 3.05) is 0 Å². The van der Waals surface area contributed by atoms with Crippen LogP contribution >= 0.6 is 0 Å². The van der Waals surface area contributed by atoms with Gasteiger partial charge in [0.2, 0.25) is 0 Å². The van der Waals surface area contributed by atoms with Crippen molar-refractivity contribution in [3.05, 3.63) is 17.5 Å². The summed E-state index contributed by atoms with van der Waals surface area (Å²) in [5, 5.41) is 3.62. The van der Waals surface area contributed by atoms with Crippen molar-refractivity contribution >= 4 is 5.78 Å². The highest BCUT2D eigenvalue weighted by Crippen LogP contribution is 2.08. The molecule has 0 fully saturated rings. The highest BCUT2D eigenvalue weighted by molar-refractivity contribution is 5.96. The van der Waals surface area contributed by atoms with Crippen LogP contribution in [0.5, 0.6) is 0 Å². The Morgan fingerprint density at radius 1 is 1.73 bits per heavy atom. The Morgan fingerprint density at radius 3 is 2.91 bits per heavy atom. The summed E-state index contributed by atoms with van der Waals surface area (Å²) in [7, 11) is 0. The van der Waals surface area contributed by atoms with Crippen LogP contribution in [0.3, 0.4) is 0 Å². The maximum atomic E-state index is 11.2. The van der Waals surface area contributed by atoms with E-state index in [0.29, 0.717) is 17.7 Å². The zero-order valence-corrected chi connectivity index (χ0v) is 6.76. The molecule has 0 aliphatic rings. The first kappa shape index (κ1) is 7.98. The molecular weight excluding hydrogens is 142 g/mol. The minimum absolute atomic E-state index is 0.117. The number of rotatable bonds is 3. The Balaban J connectivity index is 2.76. The normalized spacial score (nSPS) is 10.0. The summed E-state index contributed by atoms with van der Waals surface area (Å²) in [4.78, 5) is 11.2. The van der Waals surface area contributed by atoms with E-state index < -0.39 is 0 Å². The SMILES string of the molecule is CCCC(=O)c1conc1C. The molecule has 0 saturated carbocycles. The third-order valence-corrected chi connectivity index (χ3v) is 1.53. The van der Waals surface area contributed by atoms with E-state index in [1.54, 1.807) is 6.92 Å². The predicted octanol–water partition coefficient (Wildman–Crippen LogP) is 1.97. The first-order valence-electron chi connectivity index (χ1n) is 3.70. The molecule has 3 nitrogen and oxygen atoms in total. The highest BCUT2D eigenvalue weighted by Gasteiger charge is 2.10. The number of Topliss-reactive ketones (excluding diaryl/α,β-unsaturated/α-hetero) is 1. The van der Waals surface area contributed by atoms with Gasteiger partial charge in [-0.3, -0.25) is 4.79 Å². The van der Waals surface area contributed by atoms with E-state index in [1.165, 1.54) is 6.26 Å². The molecule has 0 amide bonds. The minimum atomic E-state index is 0.117. The Morgan fingerprint density at radius 2 is 2.45 bits per heavy atom. The molecule has 0 aliphatic carbocycles. The molecule has 1 aromatic rings. The van der Waals surface area contributed by atoms with Crippen molar-refractivity contribution < 1.29 is 9.32 Å². The monoisotopic (exact) mass is 153 g/mol. The van der Waals surface area contributed by atoms with Gasteiger partial charge in [-0.15, -0.1) is 0 Å². The average molecular weight is 153 g/mol. The Bertz CT molecular complexity index is 252. The number of aryl methyl sites for hydroxylation is 1. The molecule has 0 spiro atoms. The van der Waals surface area contributed by atoms with E-state index >= 15 is 0 Å². The number of aromatic nitrogens is 1. The summed E-state index contributed by atoms with van der Waals surface area (Å²) in [5.74, 6) is 0.117. The lowest BCUT2D eigenvalue weighted by Gasteiger charge is -1.92. The van der Waals surface area contributed by atoms with E-state index in [1.807, 2.05) is 6.92 Å². The fourth-order valence-electron chi connectivity index (χ4n) is 0.922. The van der Waals surface area contributed by atoms with E-state index in [-0.39, 0.29) is 5.78 Å². The number of nitrogens with zero attached hydrogens (tertiary/aromatic N) is 1. The van der Waals surface area contributed by atoms with Crippen molar-refractivity contribution in [3.8, 4) is 0 Å². The summed E-state index contributed by atoms with van der Waals surface area (Å²) in [5.41, 5.74) is 1.30. The van der Waals surface area contributed by atoms with Gasteiger partial charge >= 0.3 is 0 Å². The van der Waals surface area contributed by atoms with Crippen molar-refractivity contribution in [2.45, 2.75) is 26.7 Å². The first-order valence-corrected chi connectivity index (χ1v) is 3.70. The van der Waals surface area contributed by atoms with Crippen molar-refractivity contribution in [3.63, 3.8) is 0 Å². The van der Waals surface area contributed by atoms with Crippen LogP contribution in [0, 0.1) is 6.92 Å². The highest BCUT2D eigenvalue weighted by atomic mass is 16.5. The third kappa shape index (κ3) is 1.67. The third-order valence-electron chi connectivity index (χ3n) is 1.53. The standard InChI is InChI=1S/C8H11NO2/c1-3-4-8(10)7-5-11-9-6(7)2/h5H,3-4H2,1-2H3. The second-order valence-corrected chi connectivity index (χ2v) is 2.49. The van der Waals surface area contributed by atoms with E-state index in [4.69, 9.17) is 0 Å². The predicted molar refractivity (Wildman–Crippen MR) is 40.5 cm³/mol. The fraction of sp³-hybridized carbons (Fsp3) is 0.500. The first-order chi connectivity index (χ1) is 5.25. The number of hydrogen-bond acceptors (Lipinski definition) is 3. The summed E-state index contributed by atoms with van der Waals surface area (Å²) < 4.78 is 4.64. The minimum Gasteiger partial charge on any atom is -0.364 e. The van der Waals surface area contributed by atoms with Gasteiger partial charge in [0.05, 0.1) is 11.3 Å². The van der Waals surface area contributed by atoms with Crippen molar-refractivity contribution in [1.29, 1.82) is 0 Å². The molecule has 1 aromatic heterocycles. The molecule has 11 heavy (non-hydrogen) atoms. The molecule has 60 valence electrons. The van der Waals surface area contributed by atoms with Crippen LogP contribution in [-0.2, 0) is 0 Å². The molecular formula is C8H11NO2. The number of carbonyl (C=O) groups is 1. The maximum Gasteiger partial charge on any atom is 0.168 e. The lowest BCUT2D eigenvalue weighted by atomic mass is 10.1. The molecule has 1 heterocycles. The van der Waals surface area contributed by atoms with Gasteiger partial charge in [-0.1, -0.05) is 12.1 Å². The summed E-state index contributed by atoms with van der Waals surface area (Å²) >= 11 is 0. The topological polar surface area (TPSA) is 43.1 Å². The smallest absolute Gasteiger partial charge is 0.168 e. The molecule has 0 radical (unpaired) electrons. The van der Waals surface area contributed by atoms with Gasteiger partial charge in [0.1, 0.15) is 6.26 Å². The molecule has 0 aromatic carbocycles. The van der Waals surface area contributed by atoms with Gasteiger partial charge in [-0.2, -0.15) is 0 Å². The molecule has 0 unspecified atom stereocenters. The quantitative estimate of drug-likeness (QED) is 0.623. The van der Waals surface area contributed by atoms with Gasteiger partial charge in [-0.25, -0.2) is 0 Å². The van der Waals surface area contributed by atoms with Crippen LogP contribution in [0.2, 0.25) is 0 Å². The van der Waals surface area contributed by atoms with E-state index in [0.717, 1.165) is 6.42 Å². The lowest BCUT2D eigenvalue weighted by Crippen LogP contribution is -1.97. The largest absolute Gasteiger partial charge is 0.364 e. The zero-order chi connectivity index (χ0) is 8.27. The molecule has 0 N–H and O–H groups in total. The van der Waals surface area contributed by atoms with Crippen LogP contribution in [0.15, 0.2) is 10.8 Å². The Hall–Kier alpha value is -1.12. The van der Waals surface area contributed by atoms with Crippen molar-refractivity contribution in [2.24, 2.45) is 0 Å². The zero-order valence-electron chi connectivity index (χ0n) is 6.76. The van der Waals surface area contributed by atoms with Crippen LogP contribution in [0.4, 0.5) is 0 Å². The molecule has 1 rings (SSSR count). The fourth-order valence-corrected chi connectivity index (χ4v) is 0.922. The van der Waals surface area contributed by atoms with Gasteiger partial charge in [-0.05, 0) is 13.3 Å². The molecule has 0 bridgehead atoms. The maximum absolute atomic E-state index is 11.2. The lowest BCUT2D eigenvalue weighted by molar-refractivity contribution is 0.0980. The van der Waals surface area contributed by atoms with Crippen LogP contribution < -0.4 is 0 Å². The molecule has 0 aliphatic heterocycles. The summed E-state index contributed by atoms with van der Waals surface area (Å²) in [6.45, 7) is 3.74. The van der Waals surface area contributed by atoms with Gasteiger partial charge < -0.3 is 4.52 Å². The molecule has 3 heteroatoms. The van der Waals surface area contributed by atoms with Crippen molar-refractivity contribution in [1.82, 2.24) is 5.16 Å². The molecule has 0 atom stereocenters. The van der Waals surface area contributed by atoms with E-state index in [9.17, 15) is 4.79 Å². The molecule has 0 saturated heterocycles. The van der Waals surface area contributed by atoms with E-state index in [2.05, 4.69) is 9.68 Å².